The molecule has 106 valence electrons. The van der Waals surface area contributed by atoms with Crippen molar-refractivity contribution in [2.24, 2.45) is 5.92 Å². The predicted octanol–water partition coefficient (Wildman–Crippen LogP) is 3.34. The van der Waals surface area contributed by atoms with Crippen LogP contribution in [0.4, 0.5) is 10.4 Å². The SMILES string of the molecule is Fc1ccc2oc(NC3CCOC(C4CC4)C3)nc2c1. The monoisotopic (exact) mass is 276 g/mol. The maximum Gasteiger partial charge on any atom is 0.295 e. The lowest BCUT2D eigenvalue weighted by atomic mass is 10.0. The van der Waals surface area contributed by atoms with Gasteiger partial charge in [0.1, 0.15) is 11.3 Å². The molecule has 1 aliphatic carbocycles. The van der Waals surface area contributed by atoms with Crippen LogP contribution in [0.25, 0.3) is 11.1 Å². The van der Waals surface area contributed by atoms with Crippen LogP contribution < -0.4 is 5.32 Å². The van der Waals surface area contributed by atoms with Crippen molar-refractivity contribution in [1.82, 2.24) is 4.98 Å². The number of ether oxygens (including phenoxy) is 1. The maximum atomic E-state index is 13.1. The fourth-order valence-electron chi connectivity index (χ4n) is 2.89. The van der Waals surface area contributed by atoms with Crippen molar-refractivity contribution < 1.29 is 13.5 Å². The van der Waals surface area contributed by atoms with Crippen LogP contribution in [0.1, 0.15) is 25.7 Å². The first-order valence-corrected chi connectivity index (χ1v) is 7.22. The molecule has 4 rings (SSSR count). The number of oxazole rings is 1. The standard InChI is InChI=1S/C15H17FN2O2/c16-10-3-4-13-12(7-10)18-15(20-13)17-11-5-6-19-14(8-11)9-1-2-9/h3-4,7,9,11,14H,1-2,5-6,8H2,(H,17,18). The number of anilines is 1. The number of halogens is 1. The number of nitrogens with one attached hydrogen (secondary N) is 1. The molecule has 2 unspecified atom stereocenters. The molecule has 2 aromatic rings. The van der Waals surface area contributed by atoms with Crippen LogP contribution in [0.15, 0.2) is 22.6 Å². The smallest absolute Gasteiger partial charge is 0.295 e. The van der Waals surface area contributed by atoms with Gasteiger partial charge in [0.05, 0.1) is 6.10 Å². The van der Waals surface area contributed by atoms with Gasteiger partial charge in [-0.3, -0.25) is 0 Å². The van der Waals surface area contributed by atoms with Gasteiger partial charge in [0.15, 0.2) is 5.58 Å². The normalized spacial score (nSPS) is 26.9. The minimum Gasteiger partial charge on any atom is -0.424 e. The predicted molar refractivity (Wildman–Crippen MR) is 73.1 cm³/mol. The highest BCUT2D eigenvalue weighted by molar-refractivity contribution is 5.74. The highest BCUT2D eigenvalue weighted by Gasteiger charge is 2.36. The molecule has 1 saturated heterocycles. The van der Waals surface area contributed by atoms with Crippen LogP contribution in [0.2, 0.25) is 0 Å². The summed E-state index contributed by atoms with van der Waals surface area (Å²) in [4.78, 5) is 4.29. The third-order valence-corrected chi connectivity index (χ3v) is 4.14. The molecule has 2 heterocycles. The van der Waals surface area contributed by atoms with E-state index in [9.17, 15) is 4.39 Å². The third kappa shape index (κ3) is 2.38. The number of fused-ring (bicyclic) bond motifs is 1. The first-order chi connectivity index (χ1) is 9.78. The summed E-state index contributed by atoms with van der Waals surface area (Å²) < 4.78 is 24.5. The summed E-state index contributed by atoms with van der Waals surface area (Å²) in [5.74, 6) is 0.453. The second kappa shape index (κ2) is 4.74. The van der Waals surface area contributed by atoms with Crippen LogP contribution in [0.5, 0.6) is 0 Å². The lowest BCUT2D eigenvalue weighted by Gasteiger charge is -2.29. The van der Waals surface area contributed by atoms with Crippen molar-refractivity contribution in [3.05, 3.63) is 24.0 Å². The molecule has 1 aromatic heterocycles. The molecule has 1 aromatic carbocycles. The van der Waals surface area contributed by atoms with E-state index in [4.69, 9.17) is 9.15 Å². The molecule has 0 bridgehead atoms. The van der Waals surface area contributed by atoms with E-state index < -0.39 is 0 Å². The van der Waals surface area contributed by atoms with E-state index in [1.54, 1.807) is 6.07 Å². The molecule has 2 aliphatic rings. The van der Waals surface area contributed by atoms with Gasteiger partial charge in [-0.2, -0.15) is 4.98 Å². The Hall–Kier alpha value is -1.62. The highest BCUT2D eigenvalue weighted by Crippen LogP contribution is 2.38. The van der Waals surface area contributed by atoms with Gasteiger partial charge in [0.2, 0.25) is 0 Å². The van der Waals surface area contributed by atoms with Crippen LogP contribution >= 0.6 is 0 Å². The molecule has 0 radical (unpaired) electrons. The first-order valence-electron chi connectivity index (χ1n) is 7.22. The summed E-state index contributed by atoms with van der Waals surface area (Å²) in [6.07, 6.45) is 4.91. The Morgan fingerprint density at radius 1 is 1.25 bits per heavy atom. The average Bonchev–Trinajstić information content (AvgIpc) is 3.21. The summed E-state index contributed by atoms with van der Waals surface area (Å²) in [6, 6.07) is 5.19. The minimum atomic E-state index is -0.294. The molecule has 4 nitrogen and oxygen atoms in total. The van der Waals surface area contributed by atoms with Crippen LogP contribution in [0, 0.1) is 11.7 Å². The molecule has 20 heavy (non-hydrogen) atoms. The second-order valence-corrected chi connectivity index (χ2v) is 5.74. The Labute approximate surface area is 116 Å². The number of nitrogens with zero attached hydrogens (tertiary/aromatic N) is 1. The van der Waals surface area contributed by atoms with Crippen molar-refractivity contribution in [3.63, 3.8) is 0 Å². The van der Waals surface area contributed by atoms with Gasteiger partial charge < -0.3 is 14.5 Å². The van der Waals surface area contributed by atoms with Crippen molar-refractivity contribution in [2.45, 2.75) is 37.8 Å². The van der Waals surface area contributed by atoms with E-state index in [1.165, 1.54) is 25.0 Å². The van der Waals surface area contributed by atoms with E-state index in [1.807, 2.05) is 0 Å². The quantitative estimate of drug-likeness (QED) is 0.934. The van der Waals surface area contributed by atoms with E-state index in [0.29, 0.717) is 29.3 Å². The number of aromatic nitrogens is 1. The Bertz CT molecular complexity index is 623. The van der Waals surface area contributed by atoms with Gasteiger partial charge in [-0.1, -0.05) is 0 Å². The van der Waals surface area contributed by atoms with Gasteiger partial charge in [0.25, 0.3) is 6.01 Å². The Balaban J connectivity index is 1.48. The lowest BCUT2D eigenvalue weighted by molar-refractivity contribution is -0.00245. The Kier molecular flexibility index (Phi) is 2.88. The molecule has 1 aliphatic heterocycles. The Morgan fingerprint density at radius 3 is 3.00 bits per heavy atom. The molecule has 2 fully saturated rings. The lowest BCUT2D eigenvalue weighted by Crippen LogP contribution is -2.35. The molecule has 0 amide bonds. The number of rotatable bonds is 3. The maximum absolute atomic E-state index is 13.1. The van der Waals surface area contributed by atoms with Crippen molar-refractivity contribution >= 4 is 17.1 Å². The molecule has 0 spiro atoms. The van der Waals surface area contributed by atoms with Crippen molar-refractivity contribution in [2.75, 3.05) is 11.9 Å². The zero-order valence-corrected chi connectivity index (χ0v) is 11.1. The number of benzene rings is 1. The first kappa shape index (κ1) is 12.1. The second-order valence-electron chi connectivity index (χ2n) is 5.74. The van der Waals surface area contributed by atoms with E-state index >= 15 is 0 Å². The fourth-order valence-corrected chi connectivity index (χ4v) is 2.89. The Morgan fingerprint density at radius 2 is 2.15 bits per heavy atom. The van der Waals surface area contributed by atoms with E-state index in [0.717, 1.165) is 25.4 Å². The summed E-state index contributed by atoms with van der Waals surface area (Å²) >= 11 is 0. The van der Waals surface area contributed by atoms with Crippen LogP contribution in [-0.4, -0.2) is 23.7 Å². The van der Waals surface area contributed by atoms with Gasteiger partial charge in [0, 0.05) is 18.7 Å². The molecular weight excluding hydrogens is 259 g/mol. The van der Waals surface area contributed by atoms with Gasteiger partial charge >= 0.3 is 0 Å². The molecule has 1 saturated carbocycles. The zero-order chi connectivity index (χ0) is 13.5. The average molecular weight is 276 g/mol. The van der Waals surface area contributed by atoms with Gasteiger partial charge in [-0.25, -0.2) is 4.39 Å². The minimum absolute atomic E-state index is 0.294. The molecule has 5 heteroatoms. The molecular formula is C15H17FN2O2. The number of hydrogen-bond donors (Lipinski definition) is 1. The summed E-state index contributed by atoms with van der Waals surface area (Å²) in [7, 11) is 0. The number of hydrogen-bond acceptors (Lipinski definition) is 4. The summed E-state index contributed by atoms with van der Waals surface area (Å²) in [6.45, 7) is 0.785. The van der Waals surface area contributed by atoms with Gasteiger partial charge in [-0.15, -0.1) is 0 Å². The third-order valence-electron chi connectivity index (χ3n) is 4.14. The zero-order valence-electron chi connectivity index (χ0n) is 11.1. The van der Waals surface area contributed by atoms with Crippen molar-refractivity contribution in [1.29, 1.82) is 0 Å². The fraction of sp³-hybridized carbons (Fsp3) is 0.533. The summed E-state index contributed by atoms with van der Waals surface area (Å²) in [5.41, 5.74) is 1.16. The molecule has 2 atom stereocenters. The van der Waals surface area contributed by atoms with Crippen LogP contribution in [-0.2, 0) is 4.74 Å². The van der Waals surface area contributed by atoms with E-state index in [2.05, 4.69) is 10.3 Å². The topological polar surface area (TPSA) is 47.3 Å². The van der Waals surface area contributed by atoms with Crippen molar-refractivity contribution in [3.8, 4) is 0 Å². The summed E-state index contributed by atoms with van der Waals surface area (Å²) in [5, 5.41) is 3.32. The largest absolute Gasteiger partial charge is 0.424 e. The van der Waals surface area contributed by atoms with Gasteiger partial charge in [-0.05, 0) is 43.7 Å². The highest BCUT2D eigenvalue weighted by atomic mass is 19.1. The van der Waals surface area contributed by atoms with E-state index in [-0.39, 0.29) is 5.82 Å². The molecule has 1 N–H and O–H groups in total. The van der Waals surface area contributed by atoms with Crippen LogP contribution in [0.3, 0.4) is 0 Å².